The molecule has 1 aromatic carbocycles. The standard InChI is InChI=1S/C10H7ClN6O3S/c11-7-1-2-8(9(3-7)21(18,19)20)13-5-6(4-12)10-14-16-17-15-10/h1-3,5,13H,(H,18,19,20)(H,14,15,16,17). The molecule has 2 aromatic rings. The number of hydrogen-bond donors (Lipinski definition) is 3. The Hall–Kier alpha value is -2.48. The van der Waals surface area contributed by atoms with Crippen LogP contribution in [0.15, 0.2) is 29.3 Å². The minimum absolute atomic E-state index is 0.0139. The third-order valence-corrected chi connectivity index (χ3v) is 3.43. The van der Waals surface area contributed by atoms with Crippen molar-refractivity contribution in [2.75, 3.05) is 5.32 Å². The average molecular weight is 327 g/mol. The highest BCUT2D eigenvalue weighted by Gasteiger charge is 2.16. The molecule has 0 radical (unpaired) electrons. The number of aromatic amines is 1. The molecule has 0 saturated carbocycles. The highest BCUT2D eigenvalue weighted by Crippen LogP contribution is 2.25. The minimum Gasteiger partial charge on any atom is -0.359 e. The second-order valence-electron chi connectivity index (χ2n) is 3.67. The van der Waals surface area contributed by atoms with Crippen LogP contribution in [0.4, 0.5) is 5.69 Å². The van der Waals surface area contributed by atoms with Crippen molar-refractivity contribution in [2.45, 2.75) is 4.90 Å². The van der Waals surface area contributed by atoms with Crippen molar-refractivity contribution in [3.8, 4) is 6.07 Å². The number of nitrogens with zero attached hydrogens (tertiary/aromatic N) is 4. The number of hydrogen-bond acceptors (Lipinski definition) is 7. The third kappa shape index (κ3) is 3.54. The summed E-state index contributed by atoms with van der Waals surface area (Å²) in [6.45, 7) is 0. The normalized spacial score (nSPS) is 12.0. The zero-order valence-electron chi connectivity index (χ0n) is 10.1. The van der Waals surface area contributed by atoms with Gasteiger partial charge < -0.3 is 5.32 Å². The monoisotopic (exact) mass is 326 g/mol. The molecule has 108 valence electrons. The van der Waals surface area contributed by atoms with Crippen molar-refractivity contribution >= 4 is 33.0 Å². The van der Waals surface area contributed by atoms with Gasteiger partial charge in [0, 0.05) is 11.2 Å². The molecule has 0 saturated heterocycles. The number of rotatable bonds is 4. The van der Waals surface area contributed by atoms with Crippen molar-refractivity contribution in [1.29, 1.82) is 5.26 Å². The summed E-state index contributed by atoms with van der Waals surface area (Å²) in [5.41, 5.74) is 0.0538. The Bertz CT molecular complexity index is 825. The van der Waals surface area contributed by atoms with E-state index in [0.717, 1.165) is 6.07 Å². The number of benzene rings is 1. The van der Waals surface area contributed by atoms with Gasteiger partial charge in [0.25, 0.3) is 10.1 Å². The number of H-pyrrole nitrogens is 1. The third-order valence-electron chi connectivity index (χ3n) is 2.30. The van der Waals surface area contributed by atoms with Gasteiger partial charge in [-0.3, -0.25) is 4.55 Å². The van der Waals surface area contributed by atoms with Crippen LogP contribution in [0.1, 0.15) is 5.82 Å². The summed E-state index contributed by atoms with van der Waals surface area (Å²) < 4.78 is 31.7. The van der Waals surface area contributed by atoms with Crippen LogP contribution in [-0.4, -0.2) is 33.6 Å². The quantitative estimate of drug-likeness (QED) is 0.559. The van der Waals surface area contributed by atoms with Gasteiger partial charge in [0.05, 0.1) is 5.69 Å². The Morgan fingerprint density at radius 3 is 2.86 bits per heavy atom. The smallest absolute Gasteiger partial charge is 0.296 e. The molecule has 0 spiro atoms. The van der Waals surface area contributed by atoms with E-state index in [1.807, 2.05) is 6.07 Å². The summed E-state index contributed by atoms with van der Waals surface area (Å²) in [7, 11) is -4.47. The fourth-order valence-corrected chi connectivity index (χ4v) is 2.32. The molecule has 0 fully saturated rings. The lowest BCUT2D eigenvalue weighted by Crippen LogP contribution is -2.03. The van der Waals surface area contributed by atoms with Crippen LogP contribution >= 0.6 is 11.6 Å². The molecule has 0 aliphatic carbocycles. The van der Waals surface area contributed by atoms with Crippen LogP contribution < -0.4 is 5.32 Å². The number of halogens is 1. The first-order valence-corrected chi connectivity index (χ1v) is 7.11. The van der Waals surface area contributed by atoms with Gasteiger partial charge in [-0.15, -0.1) is 10.2 Å². The lowest BCUT2D eigenvalue weighted by molar-refractivity contribution is 0.483. The average Bonchev–Trinajstić information content (AvgIpc) is 2.94. The number of tetrazole rings is 1. The van der Waals surface area contributed by atoms with E-state index >= 15 is 0 Å². The molecule has 0 unspecified atom stereocenters. The molecular weight excluding hydrogens is 320 g/mol. The Balaban J connectivity index is 2.39. The first-order chi connectivity index (χ1) is 9.91. The Morgan fingerprint density at radius 2 is 2.29 bits per heavy atom. The first-order valence-electron chi connectivity index (χ1n) is 5.29. The molecule has 1 aromatic heterocycles. The van der Waals surface area contributed by atoms with Crippen molar-refractivity contribution in [1.82, 2.24) is 20.6 Å². The van der Waals surface area contributed by atoms with Gasteiger partial charge in [-0.2, -0.15) is 18.9 Å². The summed E-state index contributed by atoms with van der Waals surface area (Å²) in [5, 5.41) is 24.4. The first kappa shape index (κ1) is 14.9. The van der Waals surface area contributed by atoms with Crippen LogP contribution in [-0.2, 0) is 10.1 Å². The SMILES string of the molecule is N#CC(=CNc1ccc(Cl)cc1S(=O)(=O)O)c1nn[nH]n1. The van der Waals surface area contributed by atoms with E-state index in [-0.39, 0.29) is 22.1 Å². The number of anilines is 1. The maximum atomic E-state index is 11.3. The van der Waals surface area contributed by atoms with Crippen LogP contribution in [0.3, 0.4) is 0 Å². The topological polar surface area (TPSA) is 145 Å². The van der Waals surface area contributed by atoms with E-state index in [4.69, 9.17) is 21.4 Å². The molecule has 0 atom stereocenters. The Kier molecular flexibility index (Phi) is 4.18. The fraction of sp³-hybridized carbons (Fsp3) is 0. The van der Waals surface area contributed by atoms with Crippen molar-refractivity contribution in [3.63, 3.8) is 0 Å². The summed E-state index contributed by atoms with van der Waals surface area (Å²) in [5.74, 6) is 0.0346. The highest BCUT2D eigenvalue weighted by molar-refractivity contribution is 7.86. The molecule has 0 bridgehead atoms. The molecule has 21 heavy (non-hydrogen) atoms. The molecule has 3 N–H and O–H groups in total. The fourth-order valence-electron chi connectivity index (χ4n) is 1.40. The number of allylic oxidation sites excluding steroid dienone is 1. The molecule has 2 rings (SSSR count). The van der Waals surface area contributed by atoms with E-state index in [0.29, 0.717) is 0 Å². The summed E-state index contributed by atoms with van der Waals surface area (Å²) in [6.07, 6.45) is 1.18. The van der Waals surface area contributed by atoms with E-state index in [9.17, 15) is 8.42 Å². The van der Waals surface area contributed by atoms with Gasteiger partial charge in [0.1, 0.15) is 16.5 Å². The highest BCUT2D eigenvalue weighted by atomic mass is 35.5. The summed E-state index contributed by atoms with van der Waals surface area (Å²) >= 11 is 5.69. The molecule has 11 heteroatoms. The van der Waals surface area contributed by atoms with E-state index < -0.39 is 15.0 Å². The van der Waals surface area contributed by atoms with E-state index in [1.54, 1.807) is 0 Å². The lowest BCUT2D eigenvalue weighted by Gasteiger charge is -2.07. The zero-order chi connectivity index (χ0) is 15.5. The maximum Gasteiger partial charge on any atom is 0.296 e. The van der Waals surface area contributed by atoms with Crippen LogP contribution in [0.5, 0.6) is 0 Å². The number of aromatic nitrogens is 4. The predicted octanol–water partition coefficient (Wildman–Crippen LogP) is 1.08. The molecule has 0 aliphatic rings. The maximum absolute atomic E-state index is 11.3. The second kappa shape index (κ2) is 5.88. The van der Waals surface area contributed by atoms with Crippen LogP contribution in [0.25, 0.3) is 5.57 Å². The summed E-state index contributed by atoms with van der Waals surface area (Å²) in [4.78, 5) is -0.420. The second-order valence-corrected chi connectivity index (χ2v) is 5.49. The number of nitriles is 1. The van der Waals surface area contributed by atoms with Crippen molar-refractivity contribution < 1.29 is 13.0 Å². The van der Waals surface area contributed by atoms with Gasteiger partial charge in [0.15, 0.2) is 0 Å². The van der Waals surface area contributed by atoms with Crippen LogP contribution in [0.2, 0.25) is 5.02 Å². The zero-order valence-corrected chi connectivity index (χ0v) is 11.7. The predicted molar refractivity (Wildman–Crippen MR) is 72.7 cm³/mol. The van der Waals surface area contributed by atoms with Crippen molar-refractivity contribution in [2.24, 2.45) is 0 Å². The van der Waals surface area contributed by atoms with Gasteiger partial charge >= 0.3 is 0 Å². The molecular formula is C10H7ClN6O3S. The molecule has 1 heterocycles. The minimum atomic E-state index is -4.47. The van der Waals surface area contributed by atoms with E-state index in [2.05, 4.69) is 25.9 Å². The molecule has 0 aliphatic heterocycles. The van der Waals surface area contributed by atoms with E-state index in [1.165, 1.54) is 18.3 Å². The lowest BCUT2D eigenvalue weighted by atomic mass is 10.3. The van der Waals surface area contributed by atoms with Gasteiger partial charge in [-0.1, -0.05) is 11.6 Å². The van der Waals surface area contributed by atoms with Gasteiger partial charge in [0.2, 0.25) is 5.82 Å². The van der Waals surface area contributed by atoms with Gasteiger partial charge in [-0.25, -0.2) is 0 Å². The van der Waals surface area contributed by atoms with Gasteiger partial charge in [-0.05, 0) is 23.4 Å². The summed E-state index contributed by atoms with van der Waals surface area (Å²) in [6, 6.07) is 5.66. The molecule has 9 nitrogen and oxygen atoms in total. The Morgan fingerprint density at radius 1 is 1.52 bits per heavy atom. The Labute approximate surface area is 124 Å². The largest absolute Gasteiger partial charge is 0.359 e. The molecule has 0 amide bonds. The van der Waals surface area contributed by atoms with Crippen molar-refractivity contribution in [3.05, 3.63) is 35.2 Å². The van der Waals surface area contributed by atoms with Crippen LogP contribution in [0, 0.1) is 11.3 Å². The number of nitrogens with one attached hydrogen (secondary N) is 2.